The highest BCUT2D eigenvalue weighted by molar-refractivity contribution is 7.11. The quantitative estimate of drug-likeness (QED) is 0.785. The van der Waals surface area contributed by atoms with E-state index in [0.717, 1.165) is 10.7 Å². The Morgan fingerprint density at radius 1 is 1.53 bits per heavy atom. The van der Waals surface area contributed by atoms with Crippen LogP contribution < -0.4 is 0 Å². The molecule has 0 spiro atoms. The number of aryl methyl sites for hydroxylation is 2. The first kappa shape index (κ1) is 10.8. The van der Waals surface area contributed by atoms with Gasteiger partial charge in [-0.05, 0) is 32.6 Å². The third kappa shape index (κ3) is 2.46. The highest BCUT2D eigenvalue weighted by Gasteiger charge is 2.32. The van der Waals surface area contributed by atoms with Crippen molar-refractivity contribution in [3.8, 4) is 0 Å². The number of aromatic nitrogens is 1. The second kappa shape index (κ2) is 4.05. The van der Waals surface area contributed by atoms with Gasteiger partial charge in [-0.3, -0.25) is 4.79 Å². The highest BCUT2D eigenvalue weighted by Crippen LogP contribution is 2.37. The molecule has 0 aromatic carbocycles. The molecule has 1 unspecified atom stereocenters. The Balaban J connectivity index is 1.98. The van der Waals surface area contributed by atoms with Crippen molar-refractivity contribution in [2.75, 3.05) is 0 Å². The summed E-state index contributed by atoms with van der Waals surface area (Å²) in [5, 5.41) is 0.988. The summed E-state index contributed by atoms with van der Waals surface area (Å²) in [5.41, 5.74) is 1.07. The van der Waals surface area contributed by atoms with Gasteiger partial charge in [-0.1, -0.05) is 6.92 Å². The van der Waals surface area contributed by atoms with E-state index in [9.17, 15) is 4.79 Å². The van der Waals surface area contributed by atoms with Crippen LogP contribution in [0.2, 0.25) is 0 Å². The monoisotopic (exact) mass is 223 g/mol. The van der Waals surface area contributed by atoms with Gasteiger partial charge in [0.25, 0.3) is 0 Å². The zero-order valence-electron chi connectivity index (χ0n) is 9.54. The first-order valence-corrected chi connectivity index (χ1v) is 6.35. The van der Waals surface area contributed by atoms with E-state index in [0.29, 0.717) is 18.1 Å². The van der Waals surface area contributed by atoms with Crippen LogP contribution in [0.5, 0.6) is 0 Å². The molecule has 1 aromatic rings. The smallest absolute Gasteiger partial charge is 0.142 e. The molecule has 2 nitrogen and oxygen atoms in total. The molecule has 0 aliphatic heterocycles. The zero-order chi connectivity index (χ0) is 11.0. The van der Waals surface area contributed by atoms with E-state index >= 15 is 0 Å². The predicted octanol–water partition coefficient (Wildman–Crippen LogP) is 2.92. The van der Waals surface area contributed by atoms with Gasteiger partial charge in [0, 0.05) is 10.8 Å². The topological polar surface area (TPSA) is 30.0 Å². The average Bonchev–Trinajstić information content (AvgIpc) is 2.95. The largest absolute Gasteiger partial charge is 0.299 e. The molecule has 1 aromatic heterocycles. The maximum Gasteiger partial charge on any atom is 0.142 e. The summed E-state index contributed by atoms with van der Waals surface area (Å²) in [7, 11) is 0. The number of nitrogens with zero attached hydrogens (tertiary/aromatic N) is 1. The number of carbonyl (C=O) groups excluding carboxylic acids is 1. The first-order valence-electron chi connectivity index (χ1n) is 5.53. The van der Waals surface area contributed by atoms with E-state index in [1.807, 2.05) is 6.92 Å². The molecule has 1 aliphatic carbocycles. The molecular weight excluding hydrogens is 206 g/mol. The molecule has 0 radical (unpaired) electrons. The van der Waals surface area contributed by atoms with Crippen LogP contribution in [0, 0.1) is 25.7 Å². The first-order chi connectivity index (χ1) is 7.08. The van der Waals surface area contributed by atoms with E-state index in [4.69, 9.17) is 0 Å². The SMILES string of the molecule is Cc1nc(CC(=O)C(C)C2CC2)sc1C. The standard InChI is InChI=1S/C12H17NOS/c1-7(10-4-5-10)11(14)6-12-13-8(2)9(3)15-12/h7,10H,4-6H2,1-3H3. The summed E-state index contributed by atoms with van der Waals surface area (Å²) in [6, 6.07) is 0. The number of hydrogen-bond donors (Lipinski definition) is 0. The van der Waals surface area contributed by atoms with Crippen molar-refractivity contribution in [3.63, 3.8) is 0 Å². The summed E-state index contributed by atoms with van der Waals surface area (Å²) in [6.45, 7) is 6.13. The lowest BCUT2D eigenvalue weighted by Crippen LogP contribution is -2.15. The number of carbonyl (C=O) groups is 1. The Morgan fingerprint density at radius 3 is 2.67 bits per heavy atom. The average molecular weight is 223 g/mol. The minimum Gasteiger partial charge on any atom is -0.299 e. The fraction of sp³-hybridized carbons (Fsp3) is 0.667. The number of Topliss-reactive ketones (excluding diaryl/α,β-unsaturated/α-hetero) is 1. The van der Waals surface area contributed by atoms with Crippen LogP contribution >= 0.6 is 11.3 Å². The normalized spacial score (nSPS) is 17.8. The van der Waals surface area contributed by atoms with Gasteiger partial charge in [0.2, 0.25) is 0 Å². The van der Waals surface area contributed by atoms with E-state index in [1.165, 1.54) is 17.7 Å². The Bertz CT molecular complexity index is 359. The Labute approximate surface area is 94.7 Å². The molecule has 82 valence electrons. The molecule has 0 saturated heterocycles. The summed E-state index contributed by atoms with van der Waals surface area (Å²) in [6.07, 6.45) is 3.02. The molecule has 1 saturated carbocycles. The van der Waals surface area contributed by atoms with E-state index in [-0.39, 0.29) is 5.92 Å². The van der Waals surface area contributed by atoms with Crippen LogP contribution in [0.15, 0.2) is 0 Å². The van der Waals surface area contributed by atoms with Crippen LogP contribution in [-0.4, -0.2) is 10.8 Å². The van der Waals surface area contributed by atoms with Crippen LogP contribution in [0.4, 0.5) is 0 Å². The van der Waals surface area contributed by atoms with Gasteiger partial charge in [0.05, 0.1) is 12.1 Å². The molecule has 2 rings (SSSR count). The van der Waals surface area contributed by atoms with Crippen LogP contribution in [0.3, 0.4) is 0 Å². The molecule has 1 aliphatic rings. The van der Waals surface area contributed by atoms with Gasteiger partial charge in [0.1, 0.15) is 10.8 Å². The van der Waals surface area contributed by atoms with Crippen molar-refractivity contribution in [2.45, 2.75) is 40.0 Å². The fourth-order valence-corrected chi connectivity index (χ4v) is 2.73. The zero-order valence-corrected chi connectivity index (χ0v) is 10.4. The van der Waals surface area contributed by atoms with Gasteiger partial charge in [-0.2, -0.15) is 0 Å². The van der Waals surface area contributed by atoms with Crippen LogP contribution in [0.25, 0.3) is 0 Å². The Morgan fingerprint density at radius 2 is 2.20 bits per heavy atom. The van der Waals surface area contributed by atoms with Crippen molar-refractivity contribution in [2.24, 2.45) is 11.8 Å². The summed E-state index contributed by atoms with van der Waals surface area (Å²) in [4.78, 5) is 17.5. The molecule has 0 N–H and O–H groups in total. The van der Waals surface area contributed by atoms with Gasteiger partial charge in [0.15, 0.2) is 0 Å². The van der Waals surface area contributed by atoms with Crippen molar-refractivity contribution < 1.29 is 4.79 Å². The highest BCUT2D eigenvalue weighted by atomic mass is 32.1. The number of rotatable bonds is 4. The fourth-order valence-electron chi connectivity index (χ4n) is 1.78. The third-order valence-electron chi connectivity index (χ3n) is 3.24. The summed E-state index contributed by atoms with van der Waals surface area (Å²) < 4.78 is 0. The second-order valence-electron chi connectivity index (χ2n) is 4.52. The van der Waals surface area contributed by atoms with Gasteiger partial charge < -0.3 is 0 Å². The van der Waals surface area contributed by atoms with Gasteiger partial charge in [-0.25, -0.2) is 4.98 Å². The summed E-state index contributed by atoms with van der Waals surface area (Å²) >= 11 is 1.66. The third-order valence-corrected chi connectivity index (χ3v) is 4.31. The molecule has 3 heteroatoms. The molecule has 1 atom stereocenters. The minimum atomic E-state index is 0.245. The van der Waals surface area contributed by atoms with Crippen LogP contribution in [0.1, 0.15) is 35.3 Å². The maximum atomic E-state index is 11.9. The van der Waals surface area contributed by atoms with E-state index in [1.54, 1.807) is 11.3 Å². The van der Waals surface area contributed by atoms with Crippen molar-refractivity contribution in [1.29, 1.82) is 0 Å². The summed E-state index contributed by atoms with van der Waals surface area (Å²) in [5.74, 6) is 1.28. The van der Waals surface area contributed by atoms with Gasteiger partial charge in [-0.15, -0.1) is 11.3 Å². The molecule has 15 heavy (non-hydrogen) atoms. The lowest BCUT2D eigenvalue weighted by atomic mass is 9.99. The molecule has 1 fully saturated rings. The number of hydrogen-bond acceptors (Lipinski definition) is 3. The Kier molecular flexibility index (Phi) is 2.91. The van der Waals surface area contributed by atoms with Crippen LogP contribution in [-0.2, 0) is 11.2 Å². The number of thiazole rings is 1. The van der Waals surface area contributed by atoms with E-state index < -0.39 is 0 Å². The molecule has 1 heterocycles. The lowest BCUT2D eigenvalue weighted by molar-refractivity contribution is -0.122. The minimum absolute atomic E-state index is 0.245. The van der Waals surface area contributed by atoms with E-state index in [2.05, 4.69) is 18.8 Å². The second-order valence-corrected chi connectivity index (χ2v) is 5.81. The Hall–Kier alpha value is -0.700. The maximum absolute atomic E-state index is 11.9. The molecule has 0 bridgehead atoms. The van der Waals surface area contributed by atoms with Crippen molar-refractivity contribution in [1.82, 2.24) is 4.98 Å². The predicted molar refractivity (Wildman–Crippen MR) is 62.2 cm³/mol. The lowest BCUT2D eigenvalue weighted by Gasteiger charge is -2.06. The van der Waals surface area contributed by atoms with Crippen molar-refractivity contribution in [3.05, 3.63) is 15.6 Å². The molecule has 0 amide bonds. The number of ketones is 1. The molecular formula is C12H17NOS. The van der Waals surface area contributed by atoms with Crippen molar-refractivity contribution >= 4 is 17.1 Å². The van der Waals surface area contributed by atoms with Gasteiger partial charge >= 0.3 is 0 Å².